The number of hydrogen-bond donors (Lipinski definition) is 2. The molecule has 3 rings (SSSR count). The molecule has 1 aromatic carbocycles. The molecule has 3 nitrogen and oxygen atoms in total. The maximum atomic E-state index is 12.6. The van der Waals surface area contributed by atoms with Crippen molar-refractivity contribution in [3.05, 3.63) is 33.3 Å². The van der Waals surface area contributed by atoms with E-state index < -0.39 is 0 Å². The van der Waals surface area contributed by atoms with Gasteiger partial charge in [-0.25, -0.2) is 0 Å². The molecule has 122 valence electrons. The molecule has 0 aliphatic heterocycles. The van der Waals surface area contributed by atoms with Gasteiger partial charge in [-0.15, -0.1) is 12.4 Å². The highest BCUT2D eigenvalue weighted by Crippen LogP contribution is 2.39. The van der Waals surface area contributed by atoms with Crippen molar-refractivity contribution in [2.75, 3.05) is 0 Å². The first kappa shape index (κ1) is 18.1. The summed E-state index contributed by atoms with van der Waals surface area (Å²) in [6, 6.07) is 5.91. The van der Waals surface area contributed by atoms with Gasteiger partial charge in [0.05, 0.1) is 10.6 Å². The molecule has 22 heavy (non-hydrogen) atoms. The van der Waals surface area contributed by atoms with Crippen molar-refractivity contribution < 1.29 is 4.79 Å². The van der Waals surface area contributed by atoms with Gasteiger partial charge >= 0.3 is 0 Å². The monoisotopic (exact) mass is 406 g/mol. The Hall–Kier alpha value is -0.290. The second-order valence-electron chi connectivity index (χ2n) is 6.31. The molecule has 0 heterocycles. The summed E-state index contributed by atoms with van der Waals surface area (Å²) in [5.74, 6) is 0.962. The van der Waals surface area contributed by atoms with E-state index in [0.717, 1.165) is 17.3 Å². The molecule has 1 amide bonds. The van der Waals surface area contributed by atoms with Gasteiger partial charge in [-0.3, -0.25) is 4.79 Å². The largest absolute Gasteiger partial charge is 0.349 e. The Morgan fingerprint density at radius 1 is 1.27 bits per heavy atom. The van der Waals surface area contributed by atoms with Crippen molar-refractivity contribution >= 4 is 45.8 Å². The number of amides is 1. The van der Waals surface area contributed by atoms with E-state index in [4.69, 9.17) is 17.3 Å². The number of benzene rings is 1. The number of nitrogens with one attached hydrogen (secondary N) is 1. The molecule has 0 aromatic heterocycles. The normalized spacial score (nSPS) is 30.3. The van der Waals surface area contributed by atoms with Gasteiger partial charge in [0, 0.05) is 16.6 Å². The molecule has 3 N–H and O–H groups in total. The third-order valence-corrected chi connectivity index (χ3v) is 5.67. The van der Waals surface area contributed by atoms with Crippen LogP contribution in [-0.4, -0.2) is 18.0 Å². The summed E-state index contributed by atoms with van der Waals surface area (Å²) >= 11 is 9.54. The first-order chi connectivity index (χ1) is 10.0. The van der Waals surface area contributed by atoms with Gasteiger partial charge in [0.15, 0.2) is 0 Å². The van der Waals surface area contributed by atoms with E-state index in [1.54, 1.807) is 12.1 Å². The van der Waals surface area contributed by atoms with Crippen LogP contribution in [0.4, 0.5) is 0 Å². The fraction of sp³-hybridized carbons (Fsp3) is 0.562. The highest BCUT2D eigenvalue weighted by Gasteiger charge is 2.40. The zero-order valence-electron chi connectivity index (χ0n) is 12.2. The lowest BCUT2D eigenvalue weighted by Crippen LogP contribution is -2.53. The molecular formula is C16H21BrCl2N2O. The van der Waals surface area contributed by atoms with Gasteiger partial charge in [-0.05, 0) is 55.7 Å². The summed E-state index contributed by atoms with van der Waals surface area (Å²) in [5.41, 5.74) is 6.67. The van der Waals surface area contributed by atoms with Gasteiger partial charge < -0.3 is 11.1 Å². The Balaban J connectivity index is 0.00000176. The molecule has 2 fully saturated rings. The molecule has 2 saturated carbocycles. The maximum Gasteiger partial charge on any atom is 0.253 e. The fourth-order valence-corrected chi connectivity index (χ4v) is 4.49. The fourth-order valence-electron chi connectivity index (χ4n) is 3.93. The van der Waals surface area contributed by atoms with E-state index in [1.165, 1.54) is 19.3 Å². The van der Waals surface area contributed by atoms with E-state index in [2.05, 4.69) is 21.2 Å². The quantitative estimate of drug-likeness (QED) is 0.773. The third-order valence-electron chi connectivity index (χ3n) is 4.85. The van der Waals surface area contributed by atoms with Crippen LogP contribution in [0.5, 0.6) is 0 Å². The number of hydrogen-bond acceptors (Lipinski definition) is 2. The van der Waals surface area contributed by atoms with E-state index in [0.29, 0.717) is 28.5 Å². The minimum atomic E-state index is -0.0707. The Kier molecular flexibility index (Phi) is 6.17. The van der Waals surface area contributed by atoms with Crippen LogP contribution in [0.2, 0.25) is 5.02 Å². The highest BCUT2D eigenvalue weighted by atomic mass is 79.9. The smallest absolute Gasteiger partial charge is 0.253 e. The van der Waals surface area contributed by atoms with Crippen LogP contribution in [-0.2, 0) is 0 Å². The number of carbonyl (C=O) groups is 1. The molecule has 0 saturated heterocycles. The minimum Gasteiger partial charge on any atom is -0.349 e. The van der Waals surface area contributed by atoms with E-state index >= 15 is 0 Å². The Labute approximate surface area is 150 Å². The number of halogens is 3. The van der Waals surface area contributed by atoms with E-state index in [9.17, 15) is 4.79 Å². The van der Waals surface area contributed by atoms with Crippen LogP contribution in [0.3, 0.4) is 0 Å². The number of carbonyl (C=O) groups excluding carboxylic acids is 1. The predicted octanol–water partition coefficient (Wildman–Crippen LogP) is 4.16. The van der Waals surface area contributed by atoms with E-state index in [-0.39, 0.29) is 24.4 Å². The SMILES string of the molecule is Cl.NC1CC2CCCC(C1)C2NC(=O)c1cc(Br)ccc1Cl. The van der Waals surface area contributed by atoms with Crippen molar-refractivity contribution in [3.8, 4) is 0 Å². The molecule has 2 aliphatic rings. The molecule has 0 radical (unpaired) electrons. The first-order valence-electron chi connectivity index (χ1n) is 7.56. The molecule has 2 aliphatic carbocycles. The Bertz CT molecular complexity index is 541. The van der Waals surface area contributed by atoms with Crippen molar-refractivity contribution in [2.24, 2.45) is 17.6 Å². The second kappa shape index (κ2) is 7.52. The zero-order chi connectivity index (χ0) is 15.0. The lowest BCUT2D eigenvalue weighted by Gasteiger charge is -2.45. The summed E-state index contributed by atoms with van der Waals surface area (Å²) < 4.78 is 0.864. The number of fused-ring (bicyclic) bond motifs is 2. The second-order valence-corrected chi connectivity index (χ2v) is 7.63. The first-order valence-corrected chi connectivity index (χ1v) is 8.73. The van der Waals surface area contributed by atoms with Crippen LogP contribution < -0.4 is 11.1 Å². The molecule has 6 heteroatoms. The topological polar surface area (TPSA) is 55.1 Å². The molecule has 0 spiro atoms. The number of rotatable bonds is 2. The standard InChI is InChI=1S/C16H20BrClN2O.ClH/c17-11-4-5-14(18)13(8-11)16(21)20-15-9-2-1-3-10(15)7-12(19)6-9;/h4-5,8-10,12,15H,1-3,6-7,19H2,(H,20,21);1H. The van der Waals surface area contributed by atoms with Crippen LogP contribution in [0.15, 0.2) is 22.7 Å². The molecule has 2 bridgehead atoms. The lowest BCUT2D eigenvalue weighted by molar-refractivity contribution is 0.0756. The van der Waals surface area contributed by atoms with Crippen LogP contribution in [0.1, 0.15) is 42.5 Å². The average Bonchev–Trinajstić information content (AvgIpc) is 2.42. The van der Waals surface area contributed by atoms with Crippen molar-refractivity contribution in [3.63, 3.8) is 0 Å². The average molecular weight is 408 g/mol. The predicted molar refractivity (Wildman–Crippen MR) is 95.7 cm³/mol. The maximum absolute atomic E-state index is 12.6. The van der Waals surface area contributed by atoms with Gasteiger partial charge in [0.25, 0.3) is 5.91 Å². The molecular weight excluding hydrogens is 387 g/mol. The summed E-state index contributed by atoms with van der Waals surface area (Å²) in [6.45, 7) is 0. The summed E-state index contributed by atoms with van der Waals surface area (Å²) in [6.07, 6.45) is 5.64. The molecule has 1 aromatic rings. The molecule has 2 atom stereocenters. The summed E-state index contributed by atoms with van der Waals surface area (Å²) in [7, 11) is 0. The van der Waals surface area contributed by atoms with Gasteiger partial charge in [-0.1, -0.05) is 34.0 Å². The minimum absolute atomic E-state index is 0. The number of nitrogens with two attached hydrogens (primary N) is 1. The molecule has 2 unspecified atom stereocenters. The van der Waals surface area contributed by atoms with Crippen LogP contribution in [0.25, 0.3) is 0 Å². The van der Waals surface area contributed by atoms with Gasteiger partial charge in [0.1, 0.15) is 0 Å². The van der Waals surface area contributed by atoms with Crippen LogP contribution >= 0.6 is 39.9 Å². The Morgan fingerprint density at radius 3 is 2.55 bits per heavy atom. The highest BCUT2D eigenvalue weighted by molar-refractivity contribution is 9.10. The lowest BCUT2D eigenvalue weighted by atomic mass is 9.67. The van der Waals surface area contributed by atoms with Gasteiger partial charge in [-0.2, -0.15) is 0 Å². The summed E-state index contributed by atoms with van der Waals surface area (Å²) in [4.78, 5) is 12.6. The Morgan fingerprint density at radius 2 is 1.91 bits per heavy atom. The zero-order valence-corrected chi connectivity index (χ0v) is 15.4. The van der Waals surface area contributed by atoms with Crippen molar-refractivity contribution in [1.82, 2.24) is 5.32 Å². The van der Waals surface area contributed by atoms with Crippen LogP contribution in [0, 0.1) is 11.8 Å². The third kappa shape index (κ3) is 3.78. The van der Waals surface area contributed by atoms with E-state index in [1.807, 2.05) is 6.07 Å². The van der Waals surface area contributed by atoms with Crippen molar-refractivity contribution in [1.29, 1.82) is 0 Å². The van der Waals surface area contributed by atoms with Crippen molar-refractivity contribution in [2.45, 2.75) is 44.2 Å². The van der Waals surface area contributed by atoms with Gasteiger partial charge in [0.2, 0.25) is 0 Å². The summed E-state index contributed by atoms with van der Waals surface area (Å²) in [5, 5.41) is 3.72.